The van der Waals surface area contributed by atoms with Gasteiger partial charge in [-0.15, -0.1) is 0 Å². The third-order valence-corrected chi connectivity index (χ3v) is 2.03. The van der Waals surface area contributed by atoms with Crippen LogP contribution >= 0.6 is 0 Å². The van der Waals surface area contributed by atoms with Gasteiger partial charge in [-0.1, -0.05) is 20.8 Å². The number of furan rings is 1. The lowest BCUT2D eigenvalue weighted by atomic mass is 9.93. The fourth-order valence-corrected chi connectivity index (χ4v) is 1.15. The third-order valence-electron chi connectivity index (χ3n) is 2.03. The Hall–Kier alpha value is -1.25. The molecule has 3 heteroatoms. The average molecular weight is 196 g/mol. The van der Waals surface area contributed by atoms with Crippen LogP contribution in [-0.2, 0) is 10.2 Å². The summed E-state index contributed by atoms with van der Waals surface area (Å²) < 4.78 is 10.1. The molecule has 0 fully saturated rings. The number of ether oxygens (including phenoxy) is 1. The average Bonchev–Trinajstić information content (AvgIpc) is 2.45. The van der Waals surface area contributed by atoms with Gasteiger partial charge in [0.2, 0.25) is 5.76 Å². The number of hydrogen-bond donors (Lipinski definition) is 0. The summed E-state index contributed by atoms with van der Waals surface area (Å²) in [7, 11) is 1.35. The molecule has 78 valence electrons. The second-order valence-electron chi connectivity index (χ2n) is 4.36. The van der Waals surface area contributed by atoms with Crippen LogP contribution in [0.2, 0.25) is 0 Å². The van der Waals surface area contributed by atoms with Crippen molar-refractivity contribution in [2.24, 2.45) is 0 Å². The number of methoxy groups -OCH3 is 1. The third kappa shape index (κ3) is 1.97. The molecule has 0 saturated heterocycles. The fraction of sp³-hybridized carbons (Fsp3) is 0.545. The first-order chi connectivity index (χ1) is 6.36. The predicted molar refractivity (Wildman–Crippen MR) is 53.5 cm³/mol. The van der Waals surface area contributed by atoms with Crippen molar-refractivity contribution < 1.29 is 13.9 Å². The molecular weight excluding hydrogens is 180 g/mol. The number of aryl methyl sites for hydroxylation is 1. The summed E-state index contributed by atoms with van der Waals surface area (Å²) in [5, 5.41) is 0. The molecule has 0 aliphatic heterocycles. The molecule has 0 saturated carbocycles. The molecule has 0 aliphatic carbocycles. The number of carbonyl (C=O) groups excluding carboxylic acids is 1. The number of carbonyl (C=O) groups is 1. The summed E-state index contributed by atoms with van der Waals surface area (Å²) in [6.07, 6.45) is 0. The molecule has 0 spiro atoms. The summed E-state index contributed by atoms with van der Waals surface area (Å²) >= 11 is 0. The van der Waals surface area contributed by atoms with Gasteiger partial charge in [0.1, 0.15) is 5.76 Å². The van der Waals surface area contributed by atoms with Crippen molar-refractivity contribution >= 4 is 5.97 Å². The molecule has 0 N–H and O–H groups in total. The summed E-state index contributed by atoms with van der Waals surface area (Å²) in [5.41, 5.74) is 0.735. The Labute approximate surface area is 84.1 Å². The minimum atomic E-state index is -0.419. The molecule has 0 atom stereocenters. The minimum Gasteiger partial charge on any atom is -0.463 e. The van der Waals surface area contributed by atoms with E-state index >= 15 is 0 Å². The van der Waals surface area contributed by atoms with Gasteiger partial charge in [-0.3, -0.25) is 0 Å². The Morgan fingerprint density at radius 3 is 2.36 bits per heavy atom. The molecule has 0 aromatic carbocycles. The van der Waals surface area contributed by atoms with Crippen LogP contribution in [0.25, 0.3) is 0 Å². The first-order valence-electron chi connectivity index (χ1n) is 4.55. The highest BCUT2D eigenvalue weighted by atomic mass is 16.5. The molecule has 1 heterocycles. The van der Waals surface area contributed by atoms with Gasteiger partial charge in [0.25, 0.3) is 0 Å². The van der Waals surface area contributed by atoms with Crippen LogP contribution in [0.15, 0.2) is 10.5 Å². The molecule has 3 nitrogen and oxygen atoms in total. The van der Waals surface area contributed by atoms with Crippen LogP contribution < -0.4 is 0 Å². The Morgan fingerprint density at radius 2 is 2.00 bits per heavy atom. The lowest BCUT2D eigenvalue weighted by molar-refractivity contribution is 0.0560. The smallest absolute Gasteiger partial charge is 0.374 e. The van der Waals surface area contributed by atoms with E-state index in [0.29, 0.717) is 5.76 Å². The topological polar surface area (TPSA) is 39.4 Å². The normalized spacial score (nSPS) is 11.5. The van der Waals surface area contributed by atoms with Gasteiger partial charge in [-0.25, -0.2) is 4.79 Å². The van der Waals surface area contributed by atoms with Crippen LogP contribution in [0.5, 0.6) is 0 Å². The lowest BCUT2D eigenvalue weighted by Gasteiger charge is -2.13. The molecular formula is C11H16O3. The van der Waals surface area contributed by atoms with Crippen LogP contribution in [0.3, 0.4) is 0 Å². The van der Waals surface area contributed by atoms with E-state index in [9.17, 15) is 4.79 Å². The van der Waals surface area contributed by atoms with Crippen LogP contribution in [0.4, 0.5) is 0 Å². The first kappa shape index (κ1) is 10.8. The second-order valence-corrected chi connectivity index (χ2v) is 4.36. The van der Waals surface area contributed by atoms with Crippen molar-refractivity contribution in [1.29, 1.82) is 0 Å². The minimum absolute atomic E-state index is 0.0863. The fourth-order valence-electron chi connectivity index (χ4n) is 1.15. The van der Waals surface area contributed by atoms with Gasteiger partial charge in [0.05, 0.1) is 7.11 Å². The van der Waals surface area contributed by atoms with Crippen LogP contribution in [0.1, 0.15) is 42.6 Å². The van der Waals surface area contributed by atoms with Gasteiger partial charge < -0.3 is 9.15 Å². The van der Waals surface area contributed by atoms with E-state index in [1.54, 1.807) is 0 Å². The van der Waals surface area contributed by atoms with Crippen molar-refractivity contribution in [3.8, 4) is 0 Å². The van der Waals surface area contributed by atoms with Crippen molar-refractivity contribution in [3.63, 3.8) is 0 Å². The maximum absolute atomic E-state index is 11.3. The van der Waals surface area contributed by atoms with Crippen molar-refractivity contribution in [1.82, 2.24) is 0 Å². The first-order valence-corrected chi connectivity index (χ1v) is 4.55. The zero-order chi connectivity index (χ0) is 10.9. The molecule has 0 unspecified atom stereocenters. The van der Waals surface area contributed by atoms with E-state index in [-0.39, 0.29) is 5.41 Å². The van der Waals surface area contributed by atoms with Gasteiger partial charge in [-0.2, -0.15) is 0 Å². The highest BCUT2D eigenvalue weighted by molar-refractivity contribution is 5.87. The Bertz CT molecular complexity index is 342. The number of hydrogen-bond acceptors (Lipinski definition) is 3. The summed E-state index contributed by atoms with van der Waals surface area (Å²) in [4.78, 5) is 11.3. The molecule has 0 aliphatic rings. The van der Waals surface area contributed by atoms with E-state index in [1.165, 1.54) is 7.11 Å². The monoisotopic (exact) mass is 196 g/mol. The largest absolute Gasteiger partial charge is 0.463 e. The van der Waals surface area contributed by atoms with Gasteiger partial charge in [-0.05, 0) is 13.0 Å². The van der Waals surface area contributed by atoms with Gasteiger partial charge in [0, 0.05) is 11.0 Å². The molecule has 1 rings (SSSR count). The van der Waals surface area contributed by atoms with Gasteiger partial charge in [0.15, 0.2) is 0 Å². The predicted octanol–water partition coefficient (Wildman–Crippen LogP) is 2.67. The van der Waals surface area contributed by atoms with E-state index < -0.39 is 5.97 Å². The van der Waals surface area contributed by atoms with Crippen LogP contribution in [-0.4, -0.2) is 13.1 Å². The Kier molecular flexibility index (Phi) is 2.69. The molecule has 0 radical (unpaired) electrons. The molecule has 1 aromatic rings. The standard InChI is InChI=1S/C11H16O3/c1-7-6-8(11(2,3)4)14-9(7)10(12)13-5/h6H,1-5H3. The zero-order valence-electron chi connectivity index (χ0n) is 9.30. The summed E-state index contributed by atoms with van der Waals surface area (Å²) in [6.45, 7) is 7.94. The second kappa shape index (κ2) is 3.48. The maximum Gasteiger partial charge on any atom is 0.374 e. The van der Waals surface area contributed by atoms with Crippen molar-refractivity contribution in [3.05, 3.63) is 23.2 Å². The molecule has 0 bridgehead atoms. The lowest BCUT2D eigenvalue weighted by Crippen LogP contribution is -2.09. The molecule has 1 aromatic heterocycles. The van der Waals surface area contributed by atoms with E-state index in [0.717, 1.165) is 11.3 Å². The highest BCUT2D eigenvalue weighted by Gasteiger charge is 2.23. The Morgan fingerprint density at radius 1 is 1.43 bits per heavy atom. The van der Waals surface area contributed by atoms with Gasteiger partial charge >= 0.3 is 5.97 Å². The van der Waals surface area contributed by atoms with E-state index in [1.807, 2.05) is 33.8 Å². The van der Waals surface area contributed by atoms with Crippen LogP contribution in [0, 0.1) is 6.92 Å². The molecule has 14 heavy (non-hydrogen) atoms. The summed E-state index contributed by atoms with van der Waals surface area (Å²) in [5.74, 6) is 0.686. The van der Waals surface area contributed by atoms with Crippen molar-refractivity contribution in [2.45, 2.75) is 33.1 Å². The summed E-state index contributed by atoms with van der Waals surface area (Å²) in [6, 6.07) is 1.88. The SMILES string of the molecule is COC(=O)c1oc(C(C)(C)C)cc1C. The number of rotatable bonds is 1. The molecule has 0 amide bonds. The zero-order valence-corrected chi connectivity index (χ0v) is 9.30. The Balaban J connectivity index is 3.12. The van der Waals surface area contributed by atoms with Crippen molar-refractivity contribution in [2.75, 3.05) is 7.11 Å². The maximum atomic E-state index is 11.3. The van der Waals surface area contributed by atoms with E-state index in [4.69, 9.17) is 4.42 Å². The highest BCUT2D eigenvalue weighted by Crippen LogP contribution is 2.27. The van der Waals surface area contributed by atoms with E-state index in [2.05, 4.69) is 4.74 Å². The number of esters is 1. The quantitative estimate of drug-likeness (QED) is 0.648.